The maximum Gasteiger partial charge on any atom is 0.242 e. The molecule has 0 radical (unpaired) electrons. The summed E-state index contributed by atoms with van der Waals surface area (Å²) in [6.07, 6.45) is 1.55. The minimum Gasteiger partial charge on any atom is -0.390 e. The number of ether oxygens (including phenoxy) is 1. The van der Waals surface area contributed by atoms with Gasteiger partial charge in [0, 0.05) is 30.6 Å². The Morgan fingerprint density at radius 1 is 1.40 bits per heavy atom. The van der Waals surface area contributed by atoms with E-state index in [0.717, 1.165) is 0 Å². The number of aliphatic hydroxyl groups excluding tert-OH is 1. The van der Waals surface area contributed by atoms with Crippen molar-refractivity contribution in [2.75, 3.05) is 13.2 Å². The molecule has 0 aromatic carbocycles. The van der Waals surface area contributed by atoms with E-state index >= 15 is 0 Å². The first-order chi connectivity index (χ1) is 9.31. The average Bonchev–Trinajstić information content (AvgIpc) is 2.80. The molecule has 0 bridgehead atoms. The molecule has 0 aliphatic carbocycles. The fourth-order valence-corrected chi connectivity index (χ4v) is 3.19. The van der Waals surface area contributed by atoms with E-state index in [0.29, 0.717) is 18.9 Å². The molecular formula is C13H24N2O4S. The summed E-state index contributed by atoms with van der Waals surface area (Å²) in [5.74, 6) is 0. The van der Waals surface area contributed by atoms with Gasteiger partial charge in [0.2, 0.25) is 10.0 Å². The van der Waals surface area contributed by atoms with Crippen molar-refractivity contribution in [3.63, 3.8) is 0 Å². The number of hydrogen-bond acceptors (Lipinski definition) is 4. The Bertz CT molecular complexity index is 522. The van der Waals surface area contributed by atoms with Crippen LogP contribution in [0.1, 0.15) is 39.4 Å². The summed E-state index contributed by atoms with van der Waals surface area (Å²) in [5.41, 5.74) is 0.581. The molecule has 1 atom stereocenters. The second kappa shape index (κ2) is 7.21. The van der Waals surface area contributed by atoms with E-state index in [9.17, 15) is 13.5 Å². The number of nitrogens with zero attached hydrogens (tertiary/aromatic N) is 1. The van der Waals surface area contributed by atoms with Gasteiger partial charge in [0.1, 0.15) is 0 Å². The van der Waals surface area contributed by atoms with Crippen LogP contribution in [0.15, 0.2) is 17.2 Å². The average molecular weight is 304 g/mol. The van der Waals surface area contributed by atoms with Crippen LogP contribution in [-0.4, -0.2) is 37.3 Å². The van der Waals surface area contributed by atoms with Gasteiger partial charge in [-0.3, -0.25) is 0 Å². The van der Waals surface area contributed by atoms with Crippen LogP contribution in [0, 0.1) is 0 Å². The Kier molecular flexibility index (Phi) is 6.19. The molecule has 0 spiro atoms. The van der Waals surface area contributed by atoms with Gasteiger partial charge in [-0.15, -0.1) is 0 Å². The van der Waals surface area contributed by atoms with Crippen LogP contribution in [0.4, 0.5) is 0 Å². The second-order valence-corrected chi connectivity index (χ2v) is 6.72. The molecule has 0 saturated carbocycles. The van der Waals surface area contributed by atoms with Crippen molar-refractivity contribution in [3.8, 4) is 0 Å². The van der Waals surface area contributed by atoms with Crippen molar-refractivity contribution in [2.24, 2.45) is 0 Å². The smallest absolute Gasteiger partial charge is 0.242 e. The highest BCUT2D eigenvalue weighted by molar-refractivity contribution is 7.89. The normalized spacial score (nSPS) is 13.9. The summed E-state index contributed by atoms with van der Waals surface area (Å²) in [6, 6.07) is 1.28. The van der Waals surface area contributed by atoms with Crippen LogP contribution < -0.4 is 4.72 Å². The zero-order chi connectivity index (χ0) is 15.3. The number of hydrogen-bond donors (Lipinski definition) is 2. The molecule has 1 aromatic heterocycles. The highest BCUT2D eigenvalue weighted by atomic mass is 32.2. The third-order valence-corrected chi connectivity index (χ3v) is 4.42. The van der Waals surface area contributed by atoms with Crippen LogP contribution in [0.3, 0.4) is 0 Å². The van der Waals surface area contributed by atoms with E-state index in [1.54, 1.807) is 17.7 Å². The quantitative estimate of drug-likeness (QED) is 0.758. The van der Waals surface area contributed by atoms with Crippen LogP contribution >= 0.6 is 0 Å². The topological polar surface area (TPSA) is 80.6 Å². The van der Waals surface area contributed by atoms with Gasteiger partial charge in [0.05, 0.1) is 18.1 Å². The van der Waals surface area contributed by atoms with Crippen LogP contribution in [0.25, 0.3) is 0 Å². The maximum absolute atomic E-state index is 12.2. The Balaban J connectivity index is 2.92. The number of aromatic nitrogens is 1. The largest absolute Gasteiger partial charge is 0.390 e. The Hall–Kier alpha value is -0.890. The molecule has 0 saturated heterocycles. The summed E-state index contributed by atoms with van der Waals surface area (Å²) in [6.45, 7) is 8.15. The van der Waals surface area contributed by atoms with E-state index in [2.05, 4.69) is 4.72 Å². The third-order valence-electron chi connectivity index (χ3n) is 2.86. The predicted molar refractivity (Wildman–Crippen MR) is 77.0 cm³/mol. The number of sulfonamides is 1. The molecule has 1 rings (SSSR count). The lowest BCUT2D eigenvalue weighted by atomic mass is 10.3. The Morgan fingerprint density at radius 2 is 2.05 bits per heavy atom. The minimum absolute atomic E-state index is 0.0851. The molecular weight excluding hydrogens is 280 g/mol. The van der Waals surface area contributed by atoms with Gasteiger partial charge >= 0.3 is 0 Å². The van der Waals surface area contributed by atoms with Crippen molar-refractivity contribution in [1.29, 1.82) is 0 Å². The highest BCUT2D eigenvalue weighted by Crippen LogP contribution is 2.19. The van der Waals surface area contributed by atoms with Crippen molar-refractivity contribution in [1.82, 2.24) is 9.29 Å². The molecule has 1 unspecified atom stereocenters. The van der Waals surface area contributed by atoms with Crippen molar-refractivity contribution in [2.45, 2.75) is 51.3 Å². The highest BCUT2D eigenvalue weighted by Gasteiger charge is 2.21. The Labute approximate surface area is 120 Å². The molecule has 7 heteroatoms. The summed E-state index contributed by atoms with van der Waals surface area (Å²) in [4.78, 5) is 0.165. The summed E-state index contributed by atoms with van der Waals surface area (Å²) < 4.78 is 34.0. The van der Waals surface area contributed by atoms with E-state index in [1.807, 2.05) is 20.8 Å². The lowest BCUT2D eigenvalue weighted by molar-refractivity contribution is 0.133. The summed E-state index contributed by atoms with van der Waals surface area (Å²) in [5, 5.41) is 9.29. The van der Waals surface area contributed by atoms with Gasteiger partial charge in [0.25, 0.3) is 0 Å². The van der Waals surface area contributed by atoms with Gasteiger partial charge in [0.15, 0.2) is 0 Å². The van der Waals surface area contributed by atoms with E-state index in [-0.39, 0.29) is 23.6 Å². The molecule has 1 aromatic rings. The zero-order valence-electron chi connectivity index (χ0n) is 12.5. The predicted octanol–water partition coefficient (Wildman–Crippen LogP) is 1.26. The van der Waals surface area contributed by atoms with Gasteiger partial charge in [-0.2, -0.15) is 0 Å². The zero-order valence-corrected chi connectivity index (χ0v) is 13.3. The van der Waals surface area contributed by atoms with Gasteiger partial charge in [-0.05, 0) is 33.8 Å². The SMILES string of the molecule is CCOCC(C)NS(=O)(=O)c1cc(CO)n(C(C)C)c1. The molecule has 20 heavy (non-hydrogen) atoms. The Morgan fingerprint density at radius 3 is 2.50 bits per heavy atom. The summed E-state index contributed by atoms with van der Waals surface area (Å²) in [7, 11) is -3.60. The third kappa shape index (κ3) is 4.31. The maximum atomic E-state index is 12.2. The lowest BCUT2D eigenvalue weighted by Gasteiger charge is -2.13. The lowest BCUT2D eigenvalue weighted by Crippen LogP contribution is -2.35. The van der Waals surface area contributed by atoms with Crippen LogP contribution in [0.2, 0.25) is 0 Å². The number of nitrogens with one attached hydrogen (secondary N) is 1. The molecule has 6 nitrogen and oxygen atoms in total. The molecule has 0 aliphatic heterocycles. The molecule has 1 heterocycles. The first-order valence-corrected chi connectivity index (χ1v) is 8.21. The molecule has 0 fully saturated rings. The van der Waals surface area contributed by atoms with Crippen LogP contribution in [0.5, 0.6) is 0 Å². The monoisotopic (exact) mass is 304 g/mol. The standard InChI is InChI=1S/C13H24N2O4S/c1-5-19-9-11(4)14-20(17,18)13-6-12(8-16)15(7-13)10(2)3/h6-7,10-11,14,16H,5,8-9H2,1-4H3. The second-order valence-electron chi connectivity index (χ2n) is 5.01. The van der Waals surface area contributed by atoms with Gasteiger partial charge in [-0.1, -0.05) is 0 Å². The van der Waals surface area contributed by atoms with Crippen molar-refractivity contribution in [3.05, 3.63) is 18.0 Å². The fourth-order valence-electron chi connectivity index (χ4n) is 1.91. The van der Waals surface area contributed by atoms with Crippen molar-refractivity contribution < 1.29 is 18.3 Å². The van der Waals surface area contributed by atoms with Crippen LogP contribution in [-0.2, 0) is 21.4 Å². The molecule has 0 aliphatic rings. The van der Waals surface area contributed by atoms with E-state index in [1.165, 1.54) is 6.07 Å². The molecule has 116 valence electrons. The molecule has 0 amide bonds. The first kappa shape index (κ1) is 17.2. The number of rotatable bonds is 8. The summed E-state index contributed by atoms with van der Waals surface area (Å²) >= 11 is 0. The van der Waals surface area contributed by atoms with Crippen molar-refractivity contribution >= 4 is 10.0 Å². The first-order valence-electron chi connectivity index (χ1n) is 6.73. The number of aliphatic hydroxyl groups is 1. The fraction of sp³-hybridized carbons (Fsp3) is 0.692. The minimum atomic E-state index is -3.60. The van der Waals surface area contributed by atoms with E-state index in [4.69, 9.17) is 4.74 Å². The molecule has 2 N–H and O–H groups in total. The van der Waals surface area contributed by atoms with Gasteiger partial charge < -0.3 is 14.4 Å². The van der Waals surface area contributed by atoms with E-state index < -0.39 is 10.0 Å². The van der Waals surface area contributed by atoms with Gasteiger partial charge in [-0.25, -0.2) is 13.1 Å².